The number of aromatic nitrogens is 3. The zero-order chi connectivity index (χ0) is 24.2. The molecule has 1 aliphatic rings. The van der Waals surface area contributed by atoms with Gasteiger partial charge < -0.3 is 14.7 Å². The molecule has 3 heterocycles. The minimum atomic E-state index is -0.308. The Labute approximate surface area is 203 Å². The topological polar surface area (TPSA) is 84.2 Å². The summed E-state index contributed by atoms with van der Waals surface area (Å²) in [6.45, 7) is 3.56. The van der Waals surface area contributed by atoms with E-state index in [1.165, 1.54) is 6.07 Å². The lowest BCUT2D eigenvalue weighted by molar-refractivity contribution is -0.125. The zero-order valence-corrected chi connectivity index (χ0v) is 19.4. The Morgan fingerprint density at radius 2 is 1.86 bits per heavy atom. The van der Waals surface area contributed by atoms with Crippen molar-refractivity contribution < 1.29 is 13.7 Å². The second-order valence-corrected chi connectivity index (χ2v) is 8.73. The lowest BCUT2D eigenvalue weighted by Crippen LogP contribution is -2.41. The largest absolute Gasteiger partial charge is 0.356 e. The number of carbonyl (C=O) groups is 1. The van der Waals surface area contributed by atoms with E-state index >= 15 is 0 Å². The smallest absolute Gasteiger partial charge is 0.261 e. The standard InChI is InChI=1S/C27H26FN5O2/c1-18-8-10-19(11-9-18)24-31-27(35-32-24)22-6-4-14-29-25(22)33-15-12-20(13-16-33)26(34)30-17-21-5-2-3-7-23(21)28/h2-11,14,20H,12-13,15-17H2,1H3,(H,30,34). The van der Waals surface area contributed by atoms with Gasteiger partial charge in [0, 0.05) is 42.9 Å². The normalized spacial score (nSPS) is 14.2. The van der Waals surface area contributed by atoms with Gasteiger partial charge in [-0.15, -0.1) is 0 Å². The molecule has 0 radical (unpaired) electrons. The number of benzene rings is 2. The maximum Gasteiger partial charge on any atom is 0.261 e. The number of nitrogens with one attached hydrogen (secondary N) is 1. The predicted molar refractivity (Wildman–Crippen MR) is 131 cm³/mol. The summed E-state index contributed by atoms with van der Waals surface area (Å²) in [5, 5.41) is 7.03. The minimum absolute atomic E-state index is 0.0474. The molecule has 1 fully saturated rings. The summed E-state index contributed by atoms with van der Waals surface area (Å²) in [4.78, 5) is 24.0. The summed E-state index contributed by atoms with van der Waals surface area (Å²) in [7, 11) is 0. The molecule has 8 heteroatoms. The van der Waals surface area contributed by atoms with Crippen LogP contribution < -0.4 is 10.2 Å². The van der Waals surface area contributed by atoms with Crippen molar-refractivity contribution >= 4 is 11.7 Å². The van der Waals surface area contributed by atoms with E-state index in [1.54, 1.807) is 24.4 Å². The van der Waals surface area contributed by atoms with Crippen LogP contribution in [-0.2, 0) is 11.3 Å². The Kier molecular flexibility index (Phi) is 6.52. The number of anilines is 1. The van der Waals surface area contributed by atoms with Gasteiger partial charge in [0.15, 0.2) is 0 Å². The molecular formula is C27H26FN5O2. The van der Waals surface area contributed by atoms with Gasteiger partial charge in [0.2, 0.25) is 11.7 Å². The molecule has 7 nitrogen and oxygen atoms in total. The third-order valence-electron chi connectivity index (χ3n) is 6.33. The monoisotopic (exact) mass is 471 g/mol. The second kappa shape index (κ2) is 10.0. The van der Waals surface area contributed by atoms with E-state index in [0.717, 1.165) is 22.5 Å². The molecule has 1 amide bonds. The molecule has 0 saturated carbocycles. The van der Waals surface area contributed by atoms with Crippen molar-refractivity contribution in [2.24, 2.45) is 5.92 Å². The van der Waals surface area contributed by atoms with Crippen LogP contribution in [0.5, 0.6) is 0 Å². The summed E-state index contributed by atoms with van der Waals surface area (Å²) in [6.07, 6.45) is 3.10. The highest BCUT2D eigenvalue weighted by Gasteiger charge is 2.28. The number of rotatable bonds is 6. The van der Waals surface area contributed by atoms with Crippen LogP contribution in [0.3, 0.4) is 0 Å². The molecule has 178 valence electrons. The van der Waals surface area contributed by atoms with E-state index in [2.05, 4.69) is 25.3 Å². The fourth-order valence-electron chi connectivity index (χ4n) is 4.29. The van der Waals surface area contributed by atoms with Gasteiger partial charge in [-0.2, -0.15) is 4.98 Å². The number of aryl methyl sites for hydroxylation is 1. The molecule has 2 aromatic carbocycles. The molecule has 35 heavy (non-hydrogen) atoms. The van der Waals surface area contributed by atoms with Crippen molar-refractivity contribution in [1.82, 2.24) is 20.4 Å². The van der Waals surface area contributed by atoms with Crippen molar-refractivity contribution in [3.63, 3.8) is 0 Å². The highest BCUT2D eigenvalue weighted by atomic mass is 19.1. The SMILES string of the molecule is Cc1ccc(-c2noc(-c3cccnc3N3CCC(C(=O)NCc4ccccc4F)CC3)n2)cc1. The van der Waals surface area contributed by atoms with Crippen molar-refractivity contribution in [3.05, 3.63) is 83.8 Å². The highest BCUT2D eigenvalue weighted by Crippen LogP contribution is 2.32. The second-order valence-electron chi connectivity index (χ2n) is 8.73. The first-order chi connectivity index (χ1) is 17.1. The van der Waals surface area contributed by atoms with E-state index in [1.807, 2.05) is 43.3 Å². The summed E-state index contributed by atoms with van der Waals surface area (Å²) < 4.78 is 19.4. The van der Waals surface area contributed by atoms with Crippen LogP contribution in [0.4, 0.5) is 10.2 Å². The van der Waals surface area contributed by atoms with Gasteiger partial charge in [-0.3, -0.25) is 4.79 Å². The van der Waals surface area contributed by atoms with E-state index in [4.69, 9.17) is 4.52 Å². The van der Waals surface area contributed by atoms with Crippen LogP contribution in [0, 0.1) is 18.7 Å². The maximum absolute atomic E-state index is 13.8. The summed E-state index contributed by atoms with van der Waals surface area (Å²) in [5.41, 5.74) is 3.30. The molecule has 0 aliphatic carbocycles. The molecule has 2 aromatic heterocycles. The van der Waals surface area contributed by atoms with Gasteiger partial charge in [-0.1, -0.05) is 53.2 Å². The maximum atomic E-state index is 13.8. The van der Waals surface area contributed by atoms with Crippen LogP contribution >= 0.6 is 0 Å². The number of halogens is 1. The summed E-state index contributed by atoms with van der Waals surface area (Å²) in [6, 6.07) is 18.2. The molecule has 0 bridgehead atoms. The Bertz CT molecular complexity index is 1310. The average Bonchev–Trinajstić information content (AvgIpc) is 3.39. The Morgan fingerprint density at radius 3 is 2.63 bits per heavy atom. The fourth-order valence-corrected chi connectivity index (χ4v) is 4.29. The number of carbonyl (C=O) groups excluding carboxylic acids is 1. The van der Waals surface area contributed by atoms with Gasteiger partial charge in [0.25, 0.3) is 5.89 Å². The zero-order valence-electron chi connectivity index (χ0n) is 19.4. The Hall–Kier alpha value is -4.07. The number of pyridine rings is 1. The molecular weight excluding hydrogens is 445 g/mol. The van der Waals surface area contributed by atoms with Crippen LogP contribution in [0.2, 0.25) is 0 Å². The van der Waals surface area contributed by atoms with Gasteiger partial charge >= 0.3 is 0 Å². The van der Waals surface area contributed by atoms with Crippen LogP contribution in [0.15, 0.2) is 71.4 Å². The molecule has 0 spiro atoms. The van der Waals surface area contributed by atoms with Crippen LogP contribution in [-0.4, -0.2) is 34.1 Å². The predicted octanol–water partition coefficient (Wildman–Crippen LogP) is 4.78. The fraction of sp³-hybridized carbons (Fsp3) is 0.259. The molecule has 4 aromatic rings. The third-order valence-corrected chi connectivity index (χ3v) is 6.33. The molecule has 1 saturated heterocycles. The van der Waals surface area contributed by atoms with Crippen molar-refractivity contribution in [2.75, 3.05) is 18.0 Å². The Morgan fingerprint density at radius 1 is 1.09 bits per heavy atom. The van der Waals surface area contributed by atoms with Crippen molar-refractivity contribution in [2.45, 2.75) is 26.3 Å². The molecule has 1 N–H and O–H groups in total. The minimum Gasteiger partial charge on any atom is -0.356 e. The van der Waals surface area contributed by atoms with Crippen molar-refractivity contribution in [3.8, 4) is 22.8 Å². The van der Waals surface area contributed by atoms with E-state index in [0.29, 0.717) is 43.2 Å². The first-order valence-electron chi connectivity index (χ1n) is 11.7. The first kappa shape index (κ1) is 22.7. The first-order valence-corrected chi connectivity index (χ1v) is 11.7. The molecule has 5 rings (SSSR count). The lowest BCUT2D eigenvalue weighted by atomic mass is 9.95. The van der Waals surface area contributed by atoms with Crippen molar-refractivity contribution in [1.29, 1.82) is 0 Å². The van der Waals surface area contributed by atoms with Crippen LogP contribution in [0.25, 0.3) is 22.8 Å². The van der Waals surface area contributed by atoms with E-state index in [9.17, 15) is 9.18 Å². The van der Waals surface area contributed by atoms with Gasteiger partial charge in [-0.05, 0) is 38.0 Å². The number of amides is 1. The van der Waals surface area contributed by atoms with E-state index in [-0.39, 0.29) is 24.2 Å². The highest BCUT2D eigenvalue weighted by molar-refractivity contribution is 5.79. The number of hydrogen-bond acceptors (Lipinski definition) is 6. The lowest BCUT2D eigenvalue weighted by Gasteiger charge is -2.32. The Balaban J connectivity index is 1.24. The molecule has 0 unspecified atom stereocenters. The number of piperidine rings is 1. The summed E-state index contributed by atoms with van der Waals surface area (Å²) in [5.74, 6) is 1.22. The summed E-state index contributed by atoms with van der Waals surface area (Å²) >= 11 is 0. The molecule has 0 atom stereocenters. The number of nitrogens with zero attached hydrogens (tertiary/aromatic N) is 4. The quantitative estimate of drug-likeness (QED) is 0.436. The van der Waals surface area contributed by atoms with Gasteiger partial charge in [0.05, 0.1) is 5.56 Å². The van der Waals surface area contributed by atoms with Gasteiger partial charge in [0.1, 0.15) is 11.6 Å². The van der Waals surface area contributed by atoms with E-state index < -0.39 is 0 Å². The third kappa shape index (κ3) is 5.06. The van der Waals surface area contributed by atoms with Crippen LogP contribution in [0.1, 0.15) is 24.0 Å². The average molecular weight is 472 g/mol. The molecule has 1 aliphatic heterocycles. The van der Waals surface area contributed by atoms with Gasteiger partial charge in [-0.25, -0.2) is 9.37 Å². The number of hydrogen-bond donors (Lipinski definition) is 1.